The van der Waals surface area contributed by atoms with E-state index in [4.69, 9.17) is 4.74 Å². The lowest BCUT2D eigenvalue weighted by atomic mass is 9.63. The summed E-state index contributed by atoms with van der Waals surface area (Å²) in [6.45, 7) is 1.62. The van der Waals surface area contributed by atoms with E-state index in [0.29, 0.717) is 23.3 Å². The summed E-state index contributed by atoms with van der Waals surface area (Å²) >= 11 is 0. The van der Waals surface area contributed by atoms with Crippen molar-refractivity contribution >= 4 is 23.4 Å². The van der Waals surface area contributed by atoms with Crippen LogP contribution in [0.3, 0.4) is 0 Å². The van der Waals surface area contributed by atoms with Crippen LogP contribution in [0.2, 0.25) is 0 Å². The van der Waals surface area contributed by atoms with Crippen LogP contribution in [0.5, 0.6) is 5.75 Å². The lowest BCUT2D eigenvalue weighted by Crippen LogP contribution is -2.46. The molecule has 3 amide bonds. The number of benzene rings is 1. The van der Waals surface area contributed by atoms with Crippen molar-refractivity contribution in [3.8, 4) is 5.75 Å². The number of para-hydroxylation sites is 2. The summed E-state index contributed by atoms with van der Waals surface area (Å²) in [5, 5.41) is 2.79. The van der Waals surface area contributed by atoms with E-state index in [1.807, 2.05) is 6.07 Å². The zero-order chi connectivity index (χ0) is 18.9. The van der Waals surface area contributed by atoms with Crippen molar-refractivity contribution in [3.05, 3.63) is 36.4 Å². The molecule has 2 saturated carbocycles. The average molecular weight is 366 g/mol. The Balaban J connectivity index is 1.38. The third-order valence-corrected chi connectivity index (χ3v) is 6.83. The number of ether oxygens (including phenoxy) is 1. The number of methoxy groups -OCH3 is 1. The number of carbonyl (C=O) groups excluding carboxylic acids is 3. The minimum atomic E-state index is -0.851. The Kier molecular flexibility index (Phi) is 3.48. The van der Waals surface area contributed by atoms with Gasteiger partial charge in [0.1, 0.15) is 11.8 Å². The van der Waals surface area contributed by atoms with E-state index < -0.39 is 6.04 Å². The number of likely N-dealkylation sites (tertiary alicyclic amines) is 1. The molecule has 1 heterocycles. The van der Waals surface area contributed by atoms with Crippen molar-refractivity contribution in [2.45, 2.75) is 19.4 Å². The molecule has 6 nitrogen and oxygen atoms in total. The summed E-state index contributed by atoms with van der Waals surface area (Å²) in [4.78, 5) is 40.2. The Labute approximate surface area is 157 Å². The fourth-order valence-corrected chi connectivity index (χ4v) is 5.46. The number of rotatable bonds is 4. The molecule has 1 N–H and O–H groups in total. The maximum absolute atomic E-state index is 13.1. The summed E-state index contributed by atoms with van der Waals surface area (Å²) in [5.74, 6) is 0.655. The molecule has 1 aliphatic heterocycles. The highest BCUT2D eigenvalue weighted by atomic mass is 16.5. The van der Waals surface area contributed by atoms with E-state index in [9.17, 15) is 14.4 Å². The number of hydrogen-bond acceptors (Lipinski definition) is 4. The number of nitrogens with one attached hydrogen (secondary N) is 1. The molecule has 0 aromatic heterocycles. The minimum Gasteiger partial charge on any atom is -0.495 e. The fraction of sp³-hybridized carbons (Fsp3) is 0.476. The lowest BCUT2D eigenvalue weighted by Gasteiger charge is -2.37. The van der Waals surface area contributed by atoms with Gasteiger partial charge in [0.25, 0.3) is 0 Å². The smallest absolute Gasteiger partial charge is 0.247 e. The predicted octanol–water partition coefficient (Wildman–Crippen LogP) is 2.08. The topological polar surface area (TPSA) is 75.7 Å². The first-order chi connectivity index (χ1) is 13.0. The van der Waals surface area contributed by atoms with Gasteiger partial charge in [-0.05, 0) is 49.1 Å². The van der Waals surface area contributed by atoms with E-state index in [0.717, 1.165) is 6.42 Å². The van der Waals surface area contributed by atoms with E-state index in [1.54, 1.807) is 25.1 Å². The Bertz CT molecular complexity index is 843. The van der Waals surface area contributed by atoms with Gasteiger partial charge in [-0.25, -0.2) is 0 Å². The molecule has 5 aliphatic rings. The van der Waals surface area contributed by atoms with Gasteiger partial charge in [-0.15, -0.1) is 0 Å². The van der Waals surface area contributed by atoms with Crippen LogP contribution in [0.15, 0.2) is 36.4 Å². The summed E-state index contributed by atoms with van der Waals surface area (Å²) in [6.07, 6.45) is 5.39. The number of carbonyl (C=O) groups is 3. The quantitative estimate of drug-likeness (QED) is 0.654. The van der Waals surface area contributed by atoms with Gasteiger partial charge in [-0.3, -0.25) is 19.3 Å². The second-order valence-electron chi connectivity index (χ2n) is 8.07. The highest BCUT2D eigenvalue weighted by Crippen LogP contribution is 2.65. The van der Waals surface area contributed by atoms with Crippen molar-refractivity contribution in [3.63, 3.8) is 0 Å². The number of amides is 3. The first kappa shape index (κ1) is 16.5. The van der Waals surface area contributed by atoms with Gasteiger partial charge >= 0.3 is 0 Å². The van der Waals surface area contributed by atoms with Crippen LogP contribution in [0.25, 0.3) is 0 Å². The predicted molar refractivity (Wildman–Crippen MR) is 97.6 cm³/mol. The van der Waals surface area contributed by atoms with Crippen molar-refractivity contribution in [1.29, 1.82) is 0 Å². The second-order valence-corrected chi connectivity index (χ2v) is 8.07. The zero-order valence-corrected chi connectivity index (χ0v) is 15.3. The molecule has 0 radical (unpaired) electrons. The molecule has 1 aromatic carbocycles. The van der Waals surface area contributed by atoms with E-state index in [-0.39, 0.29) is 41.4 Å². The number of anilines is 1. The molecule has 2 bridgehead atoms. The third-order valence-electron chi connectivity index (χ3n) is 6.83. The maximum atomic E-state index is 13.1. The largest absolute Gasteiger partial charge is 0.495 e. The lowest BCUT2D eigenvalue weighted by molar-refractivity contribution is -0.146. The van der Waals surface area contributed by atoms with Gasteiger partial charge in [0.2, 0.25) is 17.7 Å². The monoisotopic (exact) mass is 366 g/mol. The summed E-state index contributed by atoms with van der Waals surface area (Å²) < 4.78 is 5.25. The molecule has 4 aliphatic carbocycles. The average Bonchev–Trinajstić information content (AvgIpc) is 3.45. The normalized spacial score (nSPS) is 36.3. The van der Waals surface area contributed by atoms with Crippen LogP contribution in [-0.4, -0.2) is 35.8 Å². The van der Waals surface area contributed by atoms with Gasteiger partial charge in [-0.2, -0.15) is 0 Å². The van der Waals surface area contributed by atoms with Crippen molar-refractivity contribution in [1.82, 2.24) is 4.90 Å². The summed E-state index contributed by atoms with van der Waals surface area (Å²) in [5.41, 5.74) is 0.524. The Hall–Kier alpha value is -2.63. The molecule has 140 valence electrons. The van der Waals surface area contributed by atoms with Gasteiger partial charge in [0.15, 0.2) is 0 Å². The number of allylic oxidation sites excluding steroid dienone is 2. The van der Waals surface area contributed by atoms with Gasteiger partial charge in [0.05, 0.1) is 24.6 Å². The fourth-order valence-electron chi connectivity index (χ4n) is 5.46. The molecule has 0 unspecified atom stereocenters. The van der Waals surface area contributed by atoms with Crippen LogP contribution in [0.1, 0.15) is 13.3 Å². The Morgan fingerprint density at radius 2 is 1.70 bits per heavy atom. The molecule has 3 fully saturated rings. The van der Waals surface area contributed by atoms with Crippen LogP contribution < -0.4 is 10.1 Å². The molecule has 6 rings (SSSR count). The molecular formula is C21H22N2O4. The maximum Gasteiger partial charge on any atom is 0.247 e. The van der Waals surface area contributed by atoms with Gasteiger partial charge in [0, 0.05) is 0 Å². The van der Waals surface area contributed by atoms with E-state index in [2.05, 4.69) is 17.5 Å². The van der Waals surface area contributed by atoms with Crippen LogP contribution >= 0.6 is 0 Å². The zero-order valence-electron chi connectivity index (χ0n) is 15.3. The molecule has 27 heavy (non-hydrogen) atoms. The number of nitrogens with zero attached hydrogens (tertiary/aromatic N) is 1. The number of imide groups is 1. The van der Waals surface area contributed by atoms with Crippen molar-refractivity contribution in [2.24, 2.45) is 35.5 Å². The molecule has 7 atom stereocenters. The van der Waals surface area contributed by atoms with Crippen LogP contribution in [0, 0.1) is 35.5 Å². The SMILES string of the molecule is COc1ccccc1NC(=O)[C@H](C)N1C(=O)[C@@H]2[C@H]3C=C[C@@H]([C@@H]4C[C@H]34)[C@H]2C1=O. The molecular weight excluding hydrogens is 344 g/mol. The standard InChI is InChI=1S/C21H22N2O4/c1-10(19(24)22-15-5-3-4-6-16(15)27-2)23-20(25)17-11-7-8-12(14-9-13(11)14)18(17)21(23)26/h3-8,10-14,17-18H,9H2,1-2H3,(H,22,24)/t10-,11-,12-,13-,14+,17+,18+/m0/s1. The third kappa shape index (κ3) is 2.22. The van der Waals surface area contributed by atoms with Crippen molar-refractivity contribution < 1.29 is 19.1 Å². The van der Waals surface area contributed by atoms with Gasteiger partial charge in [-0.1, -0.05) is 24.3 Å². The summed E-state index contributed by atoms with van der Waals surface area (Å²) in [6, 6.07) is 6.23. The molecule has 0 spiro atoms. The van der Waals surface area contributed by atoms with Crippen LogP contribution in [0.4, 0.5) is 5.69 Å². The first-order valence-electron chi connectivity index (χ1n) is 9.52. The first-order valence-corrected chi connectivity index (χ1v) is 9.52. The number of hydrogen-bond donors (Lipinski definition) is 1. The molecule has 1 saturated heterocycles. The van der Waals surface area contributed by atoms with Gasteiger partial charge < -0.3 is 10.1 Å². The Morgan fingerprint density at radius 3 is 2.30 bits per heavy atom. The Morgan fingerprint density at radius 1 is 1.11 bits per heavy atom. The van der Waals surface area contributed by atoms with Crippen LogP contribution in [-0.2, 0) is 14.4 Å². The minimum absolute atomic E-state index is 0.163. The van der Waals surface area contributed by atoms with Crippen molar-refractivity contribution in [2.75, 3.05) is 12.4 Å². The molecule has 6 heteroatoms. The molecule has 1 aromatic rings. The highest BCUT2D eigenvalue weighted by Gasteiger charge is 2.67. The highest BCUT2D eigenvalue weighted by molar-refractivity contribution is 6.10. The second kappa shape index (κ2) is 5.68. The van der Waals surface area contributed by atoms with E-state index in [1.165, 1.54) is 12.0 Å². The summed E-state index contributed by atoms with van der Waals surface area (Å²) in [7, 11) is 1.53. The van der Waals surface area contributed by atoms with E-state index >= 15 is 0 Å².